The van der Waals surface area contributed by atoms with Crippen molar-refractivity contribution in [3.8, 4) is 11.5 Å². The second-order valence-corrected chi connectivity index (χ2v) is 8.44. The lowest BCUT2D eigenvalue weighted by Crippen LogP contribution is -2.36. The van der Waals surface area contributed by atoms with Crippen LogP contribution in [0.15, 0.2) is 47.4 Å². The molecule has 0 saturated carbocycles. The third kappa shape index (κ3) is 3.92. The molecule has 8 heteroatoms. The van der Waals surface area contributed by atoms with Gasteiger partial charge >= 0.3 is 0 Å². The Hall–Kier alpha value is -2.16. The number of hydrogen-bond acceptors (Lipinski definition) is 5. The molecule has 2 aromatic rings. The second kappa shape index (κ2) is 7.46. The summed E-state index contributed by atoms with van der Waals surface area (Å²) in [6, 6.07) is 10.7. The van der Waals surface area contributed by atoms with Crippen LogP contribution in [-0.2, 0) is 10.0 Å². The molecule has 2 aliphatic heterocycles. The van der Waals surface area contributed by atoms with Gasteiger partial charge in [-0.3, -0.25) is 4.90 Å². The number of nitrogens with one attached hydrogen (secondary N) is 1. The maximum atomic E-state index is 13.3. The van der Waals surface area contributed by atoms with Crippen LogP contribution in [0.1, 0.15) is 24.4 Å². The quantitative estimate of drug-likeness (QED) is 0.819. The van der Waals surface area contributed by atoms with Crippen molar-refractivity contribution in [3.05, 3.63) is 53.8 Å². The Bertz CT molecular complexity index is 912. The molecule has 2 heterocycles. The number of fused-ring (bicyclic) bond motifs is 1. The fourth-order valence-electron chi connectivity index (χ4n) is 3.51. The van der Waals surface area contributed by atoms with Crippen molar-refractivity contribution < 1.29 is 22.3 Å². The van der Waals surface area contributed by atoms with Crippen molar-refractivity contribution in [2.75, 3.05) is 26.4 Å². The number of ether oxygens (including phenoxy) is 2. The van der Waals surface area contributed by atoms with Gasteiger partial charge in [0.1, 0.15) is 5.82 Å². The van der Waals surface area contributed by atoms with E-state index >= 15 is 0 Å². The highest BCUT2D eigenvalue weighted by molar-refractivity contribution is 7.89. The molecule has 1 saturated heterocycles. The summed E-state index contributed by atoms with van der Waals surface area (Å²) in [5, 5.41) is 0. The number of benzene rings is 2. The fourth-order valence-corrected chi connectivity index (χ4v) is 4.57. The van der Waals surface area contributed by atoms with Crippen LogP contribution in [0.5, 0.6) is 11.5 Å². The molecule has 0 amide bonds. The summed E-state index contributed by atoms with van der Waals surface area (Å²) < 4.78 is 52.0. The topological polar surface area (TPSA) is 67.9 Å². The van der Waals surface area contributed by atoms with Crippen LogP contribution in [0, 0.1) is 5.82 Å². The maximum Gasteiger partial charge on any atom is 0.240 e. The van der Waals surface area contributed by atoms with Crippen LogP contribution in [0.2, 0.25) is 0 Å². The van der Waals surface area contributed by atoms with Crippen molar-refractivity contribution >= 4 is 10.0 Å². The average molecular weight is 392 g/mol. The molecule has 2 aliphatic rings. The molecule has 144 valence electrons. The lowest BCUT2D eigenvalue weighted by Gasteiger charge is -2.28. The van der Waals surface area contributed by atoms with E-state index in [1.165, 1.54) is 24.3 Å². The molecule has 2 aromatic carbocycles. The van der Waals surface area contributed by atoms with Gasteiger partial charge in [-0.05, 0) is 55.8 Å². The lowest BCUT2D eigenvalue weighted by molar-refractivity contribution is 0.174. The first kappa shape index (κ1) is 18.2. The van der Waals surface area contributed by atoms with E-state index in [4.69, 9.17) is 9.47 Å². The zero-order valence-electron chi connectivity index (χ0n) is 14.7. The van der Waals surface area contributed by atoms with Crippen molar-refractivity contribution in [1.29, 1.82) is 0 Å². The molecule has 27 heavy (non-hydrogen) atoms. The summed E-state index contributed by atoms with van der Waals surface area (Å²) >= 11 is 0. The zero-order chi connectivity index (χ0) is 18.9. The smallest absolute Gasteiger partial charge is 0.240 e. The van der Waals surface area contributed by atoms with Gasteiger partial charge in [0.05, 0.1) is 4.90 Å². The minimum Gasteiger partial charge on any atom is -0.454 e. The number of sulfonamides is 1. The molecule has 6 nitrogen and oxygen atoms in total. The number of likely N-dealkylation sites (tertiary alicyclic amines) is 1. The summed E-state index contributed by atoms with van der Waals surface area (Å²) in [5.41, 5.74) is 0.895. The van der Waals surface area contributed by atoms with Gasteiger partial charge in [0, 0.05) is 18.7 Å². The second-order valence-electron chi connectivity index (χ2n) is 6.68. The molecule has 0 aromatic heterocycles. The fraction of sp³-hybridized carbons (Fsp3) is 0.368. The van der Waals surface area contributed by atoms with E-state index in [2.05, 4.69) is 9.62 Å². The molecule has 0 bridgehead atoms. The van der Waals surface area contributed by atoms with Gasteiger partial charge in [0.2, 0.25) is 16.8 Å². The summed E-state index contributed by atoms with van der Waals surface area (Å²) in [4.78, 5) is 2.36. The summed E-state index contributed by atoms with van der Waals surface area (Å²) in [6.07, 6.45) is 2.15. The van der Waals surface area contributed by atoms with E-state index < -0.39 is 10.0 Å². The first-order valence-corrected chi connectivity index (χ1v) is 10.4. The molecule has 1 fully saturated rings. The van der Waals surface area contributed by atoms with Gasteiger partial charge in [0.25, 0.3) is 0 Å². The third-order valence-electron chi connectivity index (χ3n) is 4.96. The summed E-state index contributed by atoms with van der Waals surface area (Å²) in [6.45, 7) is 2.10. The van der Waals surface area contributed by atoms with Crippen LogP contribution >= 0.6 is 0 Å². The molecule has 0 aliphatic carbocycles. The van der Waals surface area contributed by atoms with E-state index in [9.17, 15) is 12.8 Å². The zero-order valence-corrected chi connectivity index (χ0v) is 15.5. The molecule has 1 atom stereocenters. The summed E-state index contributed by atoms with van der Waals surface area (Å²) in [5.74, 6) is 0.655. The average Bonchev–Trinajstić information content (AvgIpc) is 3.34. The molecular weight excluding hydrogens is 371 g/mol. The first-order chi connectivity index (χ1) is 13.0. The van der Waals surface area contributed by atoms with Crippen LogP contribution in [0.3, 0.4) is 0 Å². The Kier molecular flexibility index (Phi) is 5.03. The Morgan fingerprint density at radius 2 is 1.74 bits per heavy atom. The van der Waals surface area contributed by atoms with Crippen LogP contribution in [0.25, 0.3) is 0 Å². The van der Waals surface area contributed by atoms with E-state index in [-0.39, 0.29) is 30.1 Å². The minimum atomic E-state index is -3.71. The molecule has 0 unspecified atom stereocenters. The largest absolute Gasteiger partial charge is 0.454 e. The predicted octanol–water partition coefficient (Wildman–Crippen LogP) is 2.67. The van der Waals surface area contributed by atoms with Crippen molar-refractivity contribution in [2.24, 2.45) is 0 Å². The Labute approximate surface area is 157 Å². The van der Waals surface area contributed by atoms with Crippen LogP contribution in [-0.4, -0.2) is 39.7 Å². The Morgan fingerprint density at radius 3 is 2.48 bits per heavy atom. The Balaban J connectivity index is 1.53. The molecule has 4 rings (SSSR count). The van der Waals surface area contributed by atoms with Crippen molar-refractivity contribution in [1.82, 2.24) is 9.62 Å². The van der Waals surface area contributed by atoms with Gasteiger partial charge in [-0.15, -0.1) is 0 Å². The number of halogens is 1. The van der Waals surface area contributed by atoms with Gasteiger partial charge in [0.15, 0.2) is 11.5 Å². The van der Waals surface area contributed by atoms with Crippen LogP contribution in [0.4, 0.5) is 4.39 Å². The standard InChI is InChI=1S/C19H21FN2O4S/c20-15-5-3-14(4-6-15)17(22-9-1-2-10-22)12-21-27(23,24)16-7-8-18-19(11-16)26-13-25-18/h3-8,11,17,21H,1-2,9-10,12-13H2/t17-/m1/s1. The normalized spacial score (nSPS) is 18.0. The van der Waals surface area contributed by atoms with Crippen LogP contribution < -0.4 is 14.2 Å². The SMILES string of the molecule is O=S(=O)(NC[C@H](c1ccc(F)cc1)N1CCCC1)c1ccc2c(c1)OCO2. The highest BCUT2D eigenvalue weighted by Gasteiger charge is 2.26. The third-order valence-corrected chi connectivity index (χ3v) is 6.38. The minimum absolute atomic E-state index is 0.0911. The monoisotopic (exact) mass is 392 g/mol. The number of hydrogen-bond donors (Lipinski definition) is 1. The van der Waals surface area contributed by atoms with E-state index in [1.807, 2.05) is 0 Å². The molecule has 0 spiro atoms. The van der Waals surface area contributed by atoms with Gasteiger partial charge < -0.3 is 9.47 Å². The molecule has 0 radical (unpaired) electrons. The van der Waals surface area contributed by atoms with E-state index in [0.717, 1.165) is 31.5 Å². The predicted molar refractivity (Wildman–Crippen MR) is 97.7 cm³/mol. The first-order valence-electron chi connectivity index (χ1n) is 8.92. The van der Waals surface area contributed by atoms with Gasteiger partial charge in [-0.25, -0.2) is 17.5 Å². The highest BCUT2D eigenvalue weighted by atomic mass is 32.2. The number of rotatable bonds is 6. The van der Waals surface area contributed by atoms with Crippen molar-refractivity contribution in [3.63, 3.8) is 0 Å². The van der Waals surface area contributed by atoms with Gasteiger partial charge in [-0.2, -0.15) is 0 Å². The maximum absolute atomic E-state index is 13.3. The van der Waals surface area contributed by atoms with Crippen molar-refractivity contribution in [2.45, 2.75) is 23.8 Å². The Morgan fingerprint density at radius 1 is 1.04 bits per heavy atom. The van der Waals surface area contributed by atoms with E-state index in [1.54, 1.807) is 18.2 Å². The number of nitrogens with zero attached hydrogens (tertiary/aromatic N) is 1. The molecule has 1 N–H and O–H groups in total. The highest BCUT2D eigenvalue weighted by Crippen LogP contribution is 2.34. The lowest BCUT2D eigenvalue weighted by atomic mass is 10.1. The van der Waals surface area contributed by atoms with E-state index in [0.29, 0.717) is 11.5 Å². The van der Waals surface area contributed by atoms with Gasteiger partial charge in [-0.1, -0.05) is 12.1 Å². The summed E-state index contributed by atoms with van der Waals surface area (Å²) in [7, 11) is -3.71. The molecular formula is C19H21FN2O4S.